The fourth-order valence-electron chi connectivity index (χ4n) is 1.81. The van der Waals surface area contributed by atoms with Crippen molar-refractivity contribution >= 4 is 35.2 Å². The lowest BCUT2D eigenvalue weighted by atomic mass is 10.1. The van der Waals surface area contributed by atoms with Crippen LogP contribution in [0.4, 0.5) is 4.79 Å². The predicted octanol–water partition coefficient (Wildman–Crippen LogP) is 2.50. The van der Waals surface area contributed by atoms with Gasteiger partial charge in [0.1, 0.15) is 12.4 Å². The largest absolute Gasteiger partial charge is 0.486 e. The molecular formula is C14H14Cl2N2O4. The second kappa shape index (κ2) is 7.38. The summed E-state index contributed by atoms with van der Waals surface area (Å²) in [5.74, 6) is -0.106. The number of rotatable bonds is 5. The van der Waals surface area contributed by atoms with Crippen LogP contribution in [0, 0.1) is 0 Å². The molecule has 2 N–H and O–H groups in total. The zero-order chi connectivity index (χ0) is 16.1. The van der Waals surface area contributed by atoms with E-state index in [1.165, 1.54) is 0 Å². The van der Waals surface area contributed by atoms with Crippen molar-refractivity contribution in [2.24, 2.45) is 0 Å². The molecule has 0 saturated heterocycles. The highest BCUT2D eigenvalue weighted by Gasteiger charge is 2.24. The van der Waals surface area contributed by atoms with Crippen LogP contribution in [-0.2, 0) is 9.53 Å². The quantitative estimate of drug-likeness (QED) is 0.804. The minimum absolute atomic E-state index is 0.0249. The van der Waals surface area contributed by atoms with Crippen molar-refractivity contribution in [3.05, 3.63) is 39.5 Å². The molecule has 0 bridgehead atoms. The van der Waals surface area contributed by atoms with Gasteiger partial charge in [0.25, 0.3) is 0 Å². The maximum Gasteiger partial charge on any atom is 0.337 e. The van der Waals surface area contributed by atoms with Gasteiger partial charge in [-0.25, -0.2) is 9.59 Å². The van der Waals surface area contributed by atoms with E-state index < -0.39 is 12.0 Å². The van der Waals surface area contributed by atoms with Crippen LogP contribution in [0.5, 0.6) is 5.75 Å². The van der Waals surface area contributed by atoms with E-state index >= 15 is 0 Å². The minimum Gasteiger partial charge on any atom is -0.486 e. The number of benzene rings is 1. The lowest BCUT2D eigenvalue weighted by Crippen LogP contribution is -2.45. The molecule has 1 heterocycles. The highest BCUT2D eigenvalue weighted by molar-refractivity contribution is 6.35. The molecule has 0 aromatic heterocycles. The number of hydrogen-bond acceptors (Lipinski definition) is 4. The maximum absolute atomic E-state index is 11.9. The first-order valence-electron chi connectivity index (χ1n) is 6.53. The number of carbonyl (C=O) groups excluding carboxylic acids is 2. The average Bonchev–Trinajstić information content (AvgIpc) is 2.46. The first-order chi connectivity index (χ1) is 10.5. The molecular weight excluding hydrogens is 331 g/mol. The summed E-state index contributed by atoms with van der Waals surface area (Å²) < 4.78 is 10.5. The summed E-state index contributed by atoms with van der Waals surface area (Å²) in [6, 6.07) is 4.37. The van der Waals surface area contributed by atoms with Crippen molar-refractivity contribution in [2.45, 2.75) is 6.92 Å². The molecule has 0 spiro atoms. The molecule has 0 radical (unpaired) electrons. The molecule has 6 nitrogen and oxygen atoms in total. The van der Waals surface area contributed by atoms with Crippen LogP contribution >= 0.6 is 23.2 Å². The molecule has 22 heavy (non-hydrogen) atoms. The molecule has 1 aliphatic rings. The third kappa shape index (κ3) is 4.05. The number of amides is 2. The minimum atomic E-state index is -0.504. The van der Waals surface area contributed by atoms with Crippen molar-refractivity contribution in [1.82, 2.24) is 10.6 Å². The number of halogens is 2. The average molecular weight is 345 g/mol. The third-order valence-corrected chi connectivity index (χ3v) is 3.37. The Balaban J connectivity index is 2.15. The summed E-state index contributed by atoms with van der Waals surface area (Å²) in [5, 5.41) is 5.88. The van der Waals surface area contributed by atoms with Gasteiger partial charge < -0.3 is 20.1 Å². The molecule has 1 aromatic carbocycles. The first-order valence-corrected chi connectivity index (χ1v) is 7.28. The van der Waals surface area contributed by atoms with Crippen LogP contribution in [0.2, 0.25) is 10.0 Å². The van der Waals surface area contributed by atoms with E-state index in [-0.39, 0.29) is 19.8 Å². The fraction of sp³-hybridized carbons (Fsp3) is 0.286. The first kappa shape index (κ1) is 16.5. The standard InChI is InChI=1S/C14H14Cl2N2O4/c1-2-21-13(19)9-6-17-14(20)18-11(9)7-22-12-4-3-8(15)5-10(12)16/h3-5H,2,6-7H2,1H3,(H2,17,18,20). The molecule has 2 rings (SSSR count). The summed E-state index contributed by atoms with van der Waals surface area (Å²) in [7, 11) is 0. The Labute approximate surface area is 137 Å². The number of urea groups is 1. The molecule has 2 amide bonds. The second-order valence-corrected chi connectivity index (χ2v) is 5.19. The number of ether oxygens (including phenoxy) is 2. The number of carbonyl (C=O) groups is 2. The predicted molar refractivity (Wildman–Crippen MR) is 82.2 cm³/mol. The monoisotopic (exact) mass is 344 g/mol. The highest BCUT2D eigenvalue weighted by atomic mass is 35.5. The lowest BCUT2D eigenvalue weighted by Gasteiger charge is -2.21. The Kier molecular flexibility index (Phi) is 5.51. The molecule has 0 atom stereocenters. The fourth-order valence-corrected chi connectivity index (χ4v) is 2.27. The van der Waals surface area contributed by atoms with E-state index in [2.05, 4.69) is 10.6 Å². The summed E-state index contributed by atoms with van der Waals surface area (Å²) in [6.07, 6.45) is 0. The van der Waals surface area contributed by atoms with Crippen LogP contribution < -0.4 is 15.4 Å². The third-order valence-electron chi connectivity index (χ3n) is 2.84. The molecule has 118 valence electrons. The topological polar surface area (TPSA) is 76.7 Å². The van der Waals surface area contributed by atoms with Crippen LogP contribution in [0.25, 0.3) is 0 Å². The van der Waals surface area contributed by atoms with Crippen molar-refractivity contribution < 1.29 is 19.1 Å². The summed E-state index contributed by atoms with van der Waals surface area (Å²) in [6.45, 7) is 2.00. The molecule has 0 fully saturated rings. The molecule has 1 aromatic rings. The Morgan fingerprint density at radius 2 is 2.14 bits per heavy atom. The Hall–Kier alpha value is -1.92. The van der Waals surface area contributed by atoms with Gasteiger partial charge in [-0.05, 0) is 25.1 Å². The Morgan fingerprint density at radius 3 is 2.82 bits per heavy atom. The summed E-state index contributed by atoms with van der Waals surface area (Å²) in [4.78, 5) is 23.3. The van der Waals surface area contributed by atoms with Gasteiger partial charge in [-0.3, -0.25) is 0 Å². The molecule has 8 heteroatoms. The van der Waals surface area contributed by atoms with Crippen LogP contribution in [0.1, 0.15) is 6.92 Å². The summed E-state index contributed by atoms with van der Waals surface area (Å²) >= 11 is 11.8. The van der Waals surface area contributed by atoms with Gasteiger partial charge in [-0.1, -0.05) is 23.2 Å². The van der Waals surface area contributed by atoms with Crippen molar-refractivity contribution in [3.8, 4) is 5.75 Å². The van der Waals surface area contributed by atoms with Gasteiger partial charge in [0.05, 0.1) is 29.4 Å². The molecule has 0 aliphatic carbocycles. The molecule has 0 saturated carbocycles. The normalized spacial score (nSPS) is 14.2. The van der Waals surface area contributed by atoms with Gasteiger partial charge in [-0.2, -0.15) is 0 Å². The number of nitrogens with one attached hydrogen (secondary N) is 2. The van der Waals surface area contributed by atoms with E-state index in [1.807, 2.05) is 0 Å². The van der Waals surface area contributed by atoms with Gasteiger partial charge in [-0.15, -0.1) is 0 Å². The van der Waals surface area contributed by atoms with Gasteiger partial charge in [0.15, 0.2) is 0 Å². The van der Waals surface area contributed by atoms with Crippen molar-refractivity contribution in [3.63, 3.8) is 0 Å². The van der Waals surface area contributed by atoms with E-state index in [4.69, 9.17) is 32.7 Å². The highest BCUT2D eigenvalue weighted by Crippen LogP contribution is 2.28. The van der Waals surface area contributed by atoms with Gasteiger partial charge in [0.2, 0.25) is 0 Å². The van der Waals surface area contributed by atoms with Crippen LogP contribution in [-0.4, -0.2) is 31.8 Å². The Bertz CT molecular complexity index is 631. The Morgan fingerprint density at radius 1 is 1.36 bits per heavy atom. The maximum atomic E-state index is 11.9. The van der Waals surface area contributed by atoms with Crippen LogP contribution in [0.15, 0.2) is 29.5 Å². The smallest absolute Gasteiger partial charge is 0.337 e. The molecule has 1 aliphatic heterocycles. The second-order valence-electron chi connectivity index (χ2n) is 4.35. The van der Waals surface area contributed by atoms with Gasteiger partial charge >= 0.3 is 12.0 Å². The summed E-state index contributed by atoms with van der Waals surface area (Å²) in [5.41, 5.74) is 0.653. The van der Waals surface area contributed by atoms with E-state index in [9.17, 15) is 9.59 Å². The van der Waals surface area contributed by atoms with E-state index in [1.54, 1.807) is 25.1 Å². The zero-order valence-corrected chi connectivity index (χ0v) is 13.3. The van der Waals surface area contributed by atoms with E-state index in [0.717, 1.165) is 0 Å². The van der Waals surface area contributed by atoms with Crippen molar-refractivity contribution in [1.29, 1.82) is 0 Å². The zero-order valence-electron chi connectivity index (χ0n) is 11.7. The number of esters is 1. The van der Waals surface area contributed by atoms with E-state index in [0.29, 0.717) is 27.1 Å². The van der Waals surface area contributed by atoms with Crippen molar-refractivity contribution in [2.75, 3.05) is 19.8 Å². The van der Waals surface area contributed by atoms with Crippen LogP contribution in [0.3, 0.4) is 0 Å². The SMILES string of the molecule is CCOC(=O)C1=C(COc2ccc(Cl)cc2Cl)NC(=O)NC1. The lowest BCUT2D eigenvalue weighted by molar-refractivity contribution is -0.138. The van der Waals surface area contributed by atoms with Gasteiger partial charge in [0, 0.05) is 5.02 Å². The number of hydrogen-bond donors (Lipinski definition) is 2. The molecule has 0 unspecified atom stereocenters.